The van der Waals surface area contributed by atoms with Crippen LogP contribution in [-0.2, 0) is 9.59 Å². The Morgan fingerprint density at radius 1 is 1.19 bits per heavy atom. The second-order valence-corrected chi connectivity index (χ2v) is 7.43. The third-order valence-corrected chi connectivity index (χ3v) is 5.23. The van der Waals surface area contributed by atoms with E-state index in [0.29, 0.717) is 45.4 Å². The van der Waals surface area contributed by atoms with Crippen LogP contribution in [0.1, 0.15) is 39.5 Å². The molecule has 0 aromatic heterocycles. The van der Waals surface area contributed by atoms with E-state index in [0.717, 1.165) is 5.75 Å². The minimum Gasteiger partial charge on any atom is -0.494 e. The van der Waals surface area contributed by atoms with Gasteiger partial charge in [0, 0.05) is 25.6 Å². The topological polar surface area (TPSA) is 79.0 Å². The molecule has 0 radical (unpaired) electrons. The molecule has 2 fully saturated rings. The molecule has 3 rings (SSSR count). The van der Waals surface area contributed by atoms with E-state index >= 15 is 0 Å². The average Bonchev–Trinajstić information content (AvgIpc) is 2.90. The van der Waals surface area contributed by atoms with Crippen molar-refractivity contribution in [3.63, 3.8) is 0 Å². The number of urea groups is 1. The Labute approximate surface area is 159 Å². The van der Waals surface area contributed by atoms with Crippen LogP contribution in [0.25, 0.3) is 0 Å². The molecule has 0 atom stereocenters. The molecule has 1 aromatic rings. The number of hydrogen-bond donors (Lipinski definition) is 1. The standard InChI is InChI=1S/C20H27N3O4/c1-15(2)23-18(25)20(21-19(23)26)10-12-22(13-11-20)17(24)9-6-14-27-16-7-4-3-5-8-16/h3-5,7-8,15H,6,9-14H2,1-2H3,(H,21,26). The molecular weight excluding hydrogens is 346 g/mol. The highest BCUT2D eigenvalue weighted by atomic mass is 16.5. The van der Waals surface area contributed by atoms with Crippen molar-refractivity contribution in [3.05, 3.63) is 30.3 Å². The van der Waals surface area contributed by atoms with E-state index in [4.69, 9.17) is 4.74 Å². The smallest absolute Gasteiger partial charge is 0.325 e. The highest BCUT2D eigenvalue weighted by Gasteiger charge is 2.53. The molecule has 7 heteroatoms. The van der Waals surface area contributed by atoms with Gasteiger partial charge in [-0.05, 0) is 45.2 Å². The van der Waals surface area contributed by atoms with Crippen molar-refractivity contribution >= 4 is 17.8 Å². The lowest BCUT2D eigenvalue weighted by molar-refractivity contribution is -0.139. The summed E-state index contributed by atoms with van der Waals surface area (Å²) < 4.78 is 5.61. The zero-order chi connectivity index (χ0) is 19.4. The first-order chi connectivity index (χ1) is 12.9. The van der Waals surface area contributed by atoms with Gasteiger partial charge in [-0.2, -0.15) is 0 Å². The summed E-state index contributed by atoms with van der Waals surface area (Å²) in [4.78, 5) is 40.3. The number of likely N-dealkylation sites (tertiary alicyclic amines) is 1. The van der Waals surface area contributed by atoms with E-state index in [1.54, 1.807) is 4.90 Å². The van der Waals surface area contributed by atoms with Crippen molar-refractivity contribution < 1.29 is 19.1 Å². The Morgan fingerprint density at radius 2 is 1.85 bits per heavy atom. The van der Waals surface area contributed by atoms with Crippen LogP contribution in [0, 0.1) is 0 Å². The molecule has 27 heavy (non-hydrogen) atoms. The van der Waals surface area contributed by atoms with Gasteiger partial charge in [-0.15, -0.1) is 0 Å². The second-order valence-electron chi connectivity index (χ2n) is 7.43. The molecule has 2 heterocycles. The van der Waals surface area contributed by atoms with Crippen molar-refractivity contribution in [2.45, 2.75) is 51.1 Å². The minimum absolute atomic E-state index is 0.0685. The predicted octanol–water partition coefficient (Wildman–Crippen LogP) is 2.17. The first kappa shape index (κ1) is 19.2. The maximum Gasteiger partial charge on any atom is 0.325 e. The van der Waals surface area contributed by atoms with Crippen molar-refractivity contribution in [3.8, 4) is 5.75 Å². The third kappa shape index (κ3) is 4.07. The van der Waals surface area contributed by atoms with Gasteiger partial charge in [-0.1, -0.05) is 18.2 Å². The number of amides is 4. The summed E-state index contributed by atoms with van der Waals surface area (Å²) in [7, 11) is 0. The van der Waals surface area contributed by atoms with Crippen molar-refractivity contribution in [1.29, 1.82) is 0 Å². The monoisotopic (exact) mass is 373 g/mol. The molecule has 0 unspecified atom stereocenters. The molecule has 4 amide bonds. The van der Waals surface area contributed by atoms with Gasteiger partial charge in [0.2, 0.25) is 5.91 Å². The lowest BCUT2D eigenvalue weighted by atomic mass is 9.87. The molecule has 7 nitrogen and oxygen atoms in total. The van der Waals surface area contributed by atoms with Crippen LogP contribution < -0.4 is 10.1 Å². The van der Waals surface area contributed by atoms with E-state index in [-0.39, 0.29) is 23.9 Å². The second kappa shape index (κ2) is 7.98. The number of para-hydroxylation sites is 1. The van der Waals surface area contributed by atoms with Gasteiger partial charge in [0.25, 0.3) is 5.91 Å². The Kier molecular flexibility index (Phi) is 5.68. The molecule has 1 N–H and O–H groups in total. The maximum atomic E-state index is 12.7. The number of carbonyl (C=O) groups is 3. The molecule has 0 saturated carbocycles. The van der Waals surface area contributed by atoms with Crippen LogP contribution in [0.3, 0.4) is 0 Å². The molecule has 146 valence electrons. The summed E-state index contributed by atoms with van der Waals surface area (Å²) in [5, 5.41) is 2.86. The number of rotatable bonds is 6. The summed E-state index contributed by atoms with van der Waals surface area (Å²) >= 11 is 0. The fourth-order valence-electron chi connectivity index (χ4n) is 3.68. The van der Waals surface area contributed by atoms with Gasteiger partial charge >= 0.3 is 6.03 Å². The quantitative estimate of drug-likeness (QED) is 0.612. The van der Waals surface area contributed by atoms with Crippen LogP contribution in [0.5, 0.6) is 5.75 Å². The highest BCUT2D eigenvalue weighted by Crippen LogP contribution is 2.30. The van der Waals surface area contributed by atoms with Crippen LogP contribution in [0.4, 0.5) is 4.79 Å². The summed E-state index contributed by atoms with van der Waals surface area (Å²) in [5.41, 5.74) is -0.839. The number of nitrogens with one attached hydrogen (secondary N) is 1. The molecular formula is C20H27N3O4. The van der Waals surface area contributed by atoms with Crippen LogP contribution in [-0.4, -0.2) is 58.9 Å². The zero-order valence-corrected chi connectivity index (χ0v) is 15.9. The number of piperidine rings is 1. The number of imide groups is 1. The van der Waals surface area contributed by atoms with E-state index in [1.807, 2.05) is 44.2 Å². The molecule has 1 spiro atoms. The molecule has 0 aliphatic carbocycles. The summed E-state index contributed by atoms with van der Waals surface area (Å²) in [5.74, 6) is 0.708. The largest absolute Gasteiger partial charge is 0.494 e. The molecule has 2 aliphatic rings. The van der Waals surface area contributed by atoms with Gasteiger partial charge in [-0.3, -0.25) is 14.5 Å². The van der Waals surface area contributed by atoms with E-state index < -0.39 is 5.54 Å². The summed E-state index contributed by atoms with van der Waals surface area (Å²) in [6, 6.07) is 9.03. The van der Waals surface area contributed by atoms with E-state index in [1.165, 1.54) is 4.90 Å². The first-order valence-corrected chi connectivity index (χ1v) is 9.54. The van der Waals surface area contributed by atoms with Crippen LogP contribution in [0.2, 0.25) is 0 Å². The fraction of sp³-hybridized carbons (Fsp3) is 0.550. The molecule has 2 saturated heterocycles. The van der Waals surface area contributed by atoms with Gasteiger partial charge in [-0.25, -0.2) is 4.79 Å². The fourth-order valence-corrected chi connectivity index (χ4v) is 3.68. The lowest BCUT2D eigenvalue weighted by Crippen LogP contribution is -2.56. The Hall–Kier alpha value is -2.57. The minimum atomic E-state index is -0.839. The molecule has 1 aromatic carbocycles. The third-order valence-electron chi connectivity index (χ3n) is 5.23. The van der Waals surface area contributed by atoms with Crippen LogP contribution in [0.15, 0.2) is 30.3 Å². The first-order valence-electron chi connectivity index (χ1n) is 9.54. The van der Waals surface area contributed by atoms with Gasteiger partial charge in [0.1, 0.15) is 11.3 Å². The summed E-state index contributed by atoms with van der Waals surface area (Å²) in [6.07, 6.45) is 1.99. The van der Waals surface area contributed by atoms with Gasteiger partial charge in [0.05, 0.1) is 6.61 Å². The lowest BCUT2D eigenvalue weighted by Gasteiger charge is -2.37. The summed E-state index contributed by atoms with van der Waals surface area (Å²) in [6.45, 7) is 5.11. The molecule has 2 aliphatic heterocycles. The Morgan fingerprint density at radius 3 is 2.44 bits per heavy atom. The maximum absolute atomic E-state index is 12.7. The SMILES string of the molecule is CC(C)N1C(=O)NC2(CCN(C(=O)CCCOc3ccccc3)CC2)C1=O. The average molecular weight is 373 g/mol. The van der Waals surface area contributed by atoms with Crippen molar-refractivity contribution in [2.24, 2.45) is 0 Å². The number of benzene rings is 1. The van der Waals surface area contributed by atoms with Gasteiger partial charge in [0.15, 0.2) is 0 Å². The number of nitrogens with zero attached hydrogens (tertiary/aromatic N) is 2. The normalized spacial score (nSPS) is 18.9. The Bertz CT molecular complexity index is 696. The van der Waals surface area contributed by atoms with Crippen LogP contribution >= 0.6 is 0 Å². The van der Waals surface area contributed by atoms with Crippen molar-refractivity contribution in [2.75, 3.05) is 19.7 Å². The number of ether oxygens (including phenoxy) is 1. The Balaban J connectivity index is 1.44. The van der Waals surface area contributed by atoms with E-state index in [2.05, 4.69) is 5.32 Å². The predicted molar refractivity (Wildman–Crippen MR) is 100 cm³/mol. The van der Waals surface area contributed by atoms with E-state index in [9.17, 15) is 14.4 Å². The van der Waals surface area contributed by atoms with Crippen molar-refractivity contribution in [1.82, 2.24) is 15.1 Å². The number of carbonyl (C=O) groups excluding carboxylic acids is 3. The van der Waals surface area contributed by atoms with Gasteiger partial charge < -0.3 is 15.0 Å². The highest BCUT2D eigenvalue weighted by molar-refractivity contribution is 6.07. The number of hydrogen-bond acceptors (Lipinski definition) is 4. The zero-order valence-electron chi connectivity index (χ0n) is 15.9. The molecule has 0 bridgehead atoms.